The maximum atomic E-state index is 12.2. The third-order valence-electron chi connectivity index (χ3n) is 2.79. The largest absolute Gasteiger partial charge is 0.478 e. The summed E-state index contributed by atoms with van der Waals surface area (Å²) in [5, 5.41) is 8.75. The molecule has 1 heterocycles. The maximum Gasteiger partial charge on any atom is 0.337 e. The number of sulfone groups is 1. The number of pyridine rings is 1. The number of rotatable bonds is 4. The fourth-order valence-electron chi connectivity index (χ4n) is 1.66. The molecule has 104 valence electrons. The summed E-state index contributed by atoms with van der Waals surface area (Å²) in [4.78, 5) is 14.8. The average Bonchev–Trinajstić information content (AvgIpc) is 2.39. The molecule has 0 spiro atoms. The Morgan fingerprint density at radius 3 is 2.30 bits per heavy atom. The Morgan fingerprint density at radius 1 is 1.15 bits per heavy atom. The van der Waals surface area contributed by atoms with Crippen LogP contribution in [0.5, 0.6) is 0 Å². The van der Waals surface area contributed by atoms with Gasteiger partial charge in [0.05, 0.1) is 21.9 Å². The predicted octanol–water partition coefficient (Wildman–Crippen LogP) is 2.06. The first-order chi connectivity index (χ1) is 9.38. The molecular formula is C14H13NO4S. The molecule has 0 aliphatic heterocycles. The zero-order valence-electron chi connectivity index (χ0n) is 10.8. The molecule has 0 atom stereocenters. The van der Waals surface area contributed by atoms with Crippen LogP contribution in [0, 0.1) is 6.92 Å². The molecule has 2 rings (SSSR count). The summed E-state index contributed by atoms with van der Waals surface area (Å²) in [7, 11) is -3.47. The number of carboxylic acid groups (broad SMARTS) is 1. The summed E-state index contributed by atoms with van der Waals surface area (Å²) in [6, 6.07) is 9.32. The molecule has 0 radical (unpaired) electrons. The molecule has 0 unspecified atom stereocenters. The lowest BCUT2D eigenvalue weighted by atomic mass is 10.2. The summed E-state index contributed by atoms with van der Waals surface area (Å²) < 4.78 is 24.4. The lowest BCUT2D eigenvalue weighted by molar-refractivity contribution is 0.0696. The predicted molar refractivity (Wildman–Crippen MR) is 73.3 cm³/mol. The van der Waals surface area contributed by atoms with E-state index >= 15 is 0 Å². The minimum atomic E-state index is -3.47. The van der Waals surface area contributed by atoms with Crippen molar-refractivity contribution >= 4 is 15.8 Å². The normalized spacial score (nSPS) is 11.2. The first-order valence-corrected chi connectivity index (χ1v) is 7.51. The van der Waals surface area contributed by atoms with Gasteiger partial charge in [-0.3, -0.25) is 4.98 Å². The van der Waals surface area contributed by atoms with Gasteiger partial charge in [0.25, 0.3) is 0 Å². The third-order valence-corrected chi connectivity index (χ3v) is 4.46. The van der Waals surface area contributed by atoms with Gasteiger partial charge < -0.3 is 5.11 Å². The molecule has 0 aliphatic rings. The number of aromatic nitrogens is 1. The van der Waals surface area contributed by atoms with Crippen molar-refractivity contribution in [1.29, 1.82) is 0 Å². The molecule has 6 heteroatoms. The zero-order valence-corrected chi connectivity index (χ0v) is 11.6. The monoisotopic (exact) mass is 291 g/mol. The molecule has 1 N–H and O–H groups in total. The third kappa shape index (κ3) is 3.21. The number of aryl methyl sites for hydroxylation is 1. The first kappa shape index (κ1) is 14.2. The molecule has 20 heavy (non-hydrogen) atoms. The van der Waals surface area contributed by atoms with Crippen molar-refractivity contribution < 1.29 is 18.3 Å². The van der Waals surface area contributed by atoms with Crippen LogP contribution in [0.4, 0.5) is 0 Å². The van der Waals surface area contributed by atoms with Crippen LogP contribution >= 0.6 is 0 Å². The fourth-order valence-corrected chi connectivity index (χ4v) is 2.94. The summed E-state index contributed by atoms with van der Waals surface area (Å²) in [5.74, 6) is -1.35. The van der Waals surface area contributed by atoms with Gasteiger partial charge in [-0.25, -0.2) is 13.2 Å². The minimum absolute atomic E-state index is 0.0292. The Bertz CT molecular complexity index is 719. The standard InChI is InChI=1S/C14H13NO4S/c1-10-2-6-13(7-3-10)20(18,19)9-12-5-4-11(8-15-12)14(16)17/h2-8H,9H2,1H3,(H,16,17). The highest BCUT2D eigenvalue weighted by molar-refractivity contribution is 7.90. The Kier molecular flexibility index (Phi) is 3.85. The van der Waals surface area contributed by atoms with Crippen molar-refractivity contribution in [3.05, 3.63) is 59.4 Å². The van der Waals surface area contributed by atoms with E-state index in [1.807, 2.05) is 6.92 Å². The molecule has 0 bridgehead atoms. The highest BCUT2D eigenvalue weighted by Gasteiger charge is 2.16. The molecule has 0 aliphatic carbocycles. The molecule has 5 nitrogen and oxygen atoms in total. The first-order valence-electron chi connectivity index (χ1n) is 5.86. The smallest absolute Gasteiger partial charge is 0.337 e. The highest BCUT2D eigenvalue weighted by Crippen LogP contribution is 2.16. The van der Waals surface area contributed by atoms with Gasteiger partial charge in [0.1, 0.15) is 0 Å². The molecular weight excluding hydrogens is 278 g/mol. The van der Waals surface area contributed by atoms with E-state index in [-0.39, 0.29) is 16.2 Å². The van der Waals surface area contributed by atoms with Gasteiger partial charge in [-0.15, -0.1) is 0 Å². The summed E-state index contributed by atoms with van der Waals surface area (Å²) in [5.41, 5.74) is 1.32. The highest BCUT2D eigenvalue weighted by atomic mass is 32.2. The van der Waals surface area contributed by atoms with Crippen molar-refractivity contribution in [3.8, 4) is 0 Å². The number of carbonyl (C=O) groups is 1. The summed E-state index contributed by atoms with van der Waals surface area (Å²) >= 11 is 0. The Morgan fingerprint density at radius 2 is 1.80 bits per heavy atom. The number of nitrogens with zero attached hydrogens (tertiary/aromatic N) is 1. The molecule has 0 amide bonds. The van der Waals surface area contributed by atoms with Crippen molar-refractivity contribution in [2.45, 2.75) is 17.6 Å². The molecule has 0 saturated heterocycles. The Hall–Kier alpha value is -2.21. The zero-order chi connectivity index (χ0) is 14.8. The van der Waals surface area contributed by atoms with Crippen LogP contribution in [-0.4, -0.2) is 24.5 Å². The molecule has 1 aromatic heterocycles. The minimum Gasteiger partial charge on any atom is -0.478 e. The van der Waals surface area contributed by atoms with Gasteiger partial charge in [-0.05, 0) is 31.2 Å². The quantitative estimate of drug-likeness (QED) is 0.932. The van der Waals surface area contributed by atoms with Crippen molar-refractivity contribution in [3.63, 3.8) is 0 Å². The van der Waals surface area contributed by atoms with Gasteiger partial charge in [0.15, 0.2) is 9.84 Å². The van der Waals surface area contributed by atoms with E-state index in [1.54, 1.807) is 24.3 Å². The van der Waals surface area contributed by atoms with E-state index in [0.29, 0.717) is 5.69 Å². The topological polar surface area (TPSA) is 84.3 Å². The number of hydrogen-bond donors (Lipinski definition) is 1. The van der Waals surface area contributed by atoms with E-state index in [9.17, 15) is 13.2 Å². The molecule has 1 aromatic carbocycles. The van der Waals surface area contributed by atoms with Crippen LogP contribution in [0.3, 0.4) is 0 Å². The van der Waals surface area contributed by atoms with Gasteiger partial charge in [-0.2, -0.15) is 0 Å². The van der Waals surface area contributed by atoms with Gasteiger partial charge in [0.2, 0.25) is 0 Å². The van der Waals surface area contributed by atoms with Gasteiger partial charge in [-0.1, -0.05) is 17.7 Å². The molecule has 0 saturated carbocycles. The van der Waals surface area contributed by atoms with Gasteiger partial charge in [0, 0.05) is 6.20 Å². The van der Waals surface area contributed by atoms with Gasteiger partial charge >= 0.3 is 5.97 Å². The second-order valence-electron chi connectivity index (χ2n) is 4.42. The maximum absolute atomic E-state index is 12.2. The lowest BCUT2D eigenvalue weighted by Gasteiger charge is -2.05. The SMILES string of the molecule is Cc1ccc(S(=O)(=O)Cc2ccc(C(=O)O)cn2)cc1. The van der Waals surface area contributed by atoms with E-state index in [0.717, 1.165) is 11.8 Å². The average molecular weight is 291 g/mol. The van der Waals surface area contributed by atoms with Crippen molar-refractivity contribution in [2.24, 2.45) is 0 Å². The number of hydrogen-bond acceptors (Lipinski definition) is 4. The van der Waals surface area contributed by atoms with Crippen molar-refractivity contribution in [2.75, 3.05) is 0 Å². The van der Waals surface area contributed by atoms with E-state index < -0.39 is 15.8 Å². The van der Waals surface area contributed by atoms with Crippen LogP contribution in [0.15, 0.2) is 47.5 Å². The van der Waals surface area contributed by atoms with Crippen LogP contribution in [-0.2, 0) is 15.6 Å². The van der Waals surface area contributed by atoms with E-state index in [1.165, 1.54) is 12.1 Å². The Labute approximate surface area is 116 Å². The summed E-state index contributed by atoms with van der Waals surface area (Å²) in [6.45, 7) is 1.88. The lowest BCUT2D eigenvalue weighted by Crippen LogP contribution is -2.07. The molecule has 2 aromatic rings. The second kappa shape index (κ2) is 5.42. The number of aromatic carboxylic acids is 1. The number of carboxylic acids is 1. The van der Waals surface area contributed by atoms with Crippen molar-refractivity contribution in [1.82, 2.24) is 4.98 Å². The second-order valence-corrected chi connectivity index (χ2v) is 6.41. The summed E-state index contributed by atoms with van der Waals surface area (Å²) in [6.07, 6.45) is 1.16. The van der Waals surface area contributed by atoms with Crippen LogP contribution in [0.2, 0.25) is 0 Å². The van der Waals surface area contributed by atoms with Crippen LogP contribution in [0.25, 0.3) is 0 Å². The number of benzene rings is 1. The fraction of sp³-hybridized carbons (Fsp3) is 0.143. The van der Waals surface area contributed by atoms with Crippen LogP contribution < -0.4 is 0 Å². The Balaban J connectivity index is 2.24. The molecule has 0 fully saturated rings. The van der Waals surface area contributed by atoms with Crippen LogP contribution in [0.1, 0.15) is 21.6 Å². The van der Waals surface area contributed by atoms with E-state index in [4.69, 9.17) is 5.11 Å². The van der Waals surface area contributed by atoms with E-state index in [2.05, 4.69) is 4.98 Å².